The zero-order valence-electron chi connectivity index (χ0n) is 18.0. The fraction of sp³-hybridized carbons (Fsp3) is 0.292. The van der Waals surface area contributed by atoms with Crippen LogP contribution in [-0.4, -0.2) is 24.8 Å². The monoisotopic (exact) mass is 433 g/mol. The lowest BCUT2D eigenvalue weighted by Gasteiger charge is -2.30. The van der Waals surface area contributed by atoms with Crippen molar-refractivity contribution >= 4 is 16.9 Å². The first-order valence-corrected chi connectivity index (χ1v) is 10.5. The largest absolute Gasteiger partial charge is 0.480 e. The molecule has 8 heteroatoms. The summed E-state index contributed by atoms with van der Waals surface area (Å²) >= 11 is 0. The van der Waals surface area contributed by atoms with Gasteiger partial charge in [0.25, 0.3) is 5.56 Å². The van der Waals surface area contributed by atoms with E-state index in [1.807, 2.05) is 49.4 Å². The number of aromatic nitrogens is 3. The highest BCUT2D eigenvalue weighted by Crippen LogP contribution is 2.46. The van der Waals surface area contributed by atoms with Gasteiger partial charge in [-0.05, 0) is 37.5 Å². The Bertz CT molecular complexity index is 1490. The maximum atomic E-state index is 13.4. The summed E-state index contributed by atoms with van der Waals surface area (Å²) in [6, 6.07) is 12.1. The van der Waals surface area contributed by atoms with E-state index < -0.39 is 23.3 Å². The van der Waals surface area contributed by atoms with E-state index in [0.717, 1.165) is 15.9 Å². The Morgan fingerprint density at radius 1 is 1.03 bits per heavy atom. The smallest absolute Gasteiger partial charge is 0.331 e. The lowest BCUT2D eigenvalue weighted by molar-refractivity contribution is -0.141. The van der Waals surface area contributed by atoms with Crippen LogP contribution in [0.25, 0.3) is 22.2 Å². The Morgan fingerprint density at radius 2 is 1.75 bits per heavy atom. The molecule has 5 rings (SSSR count). The van der Waals surface area contributed by atoms with Gasteiger partial charge in [0.15, 0.2) is 0 Å². The number of nitrogens with zero attached hydrogens (tertiary/aromatic N) is 3. The first kappa shape index (κ1) is 20.1. The van der Waals surface area contributed by atoms with E-state index in [4.69, 9.17) is 4.42 Å². The third-order valence-corrected chi connectivity index (χ3v) is 6.45. The van der Waals surface area contributed by atoms with Gasteiger partial charge in [0, 0.05) is 14.1 Å². The molecule has 2 unspecified atom stereocenters. The number of carbonyl (C=O) groups is 1. The highest BCUT2D eigenvalue weighted by molar-refractivity contribution is 5.97. The first-order valence-electron chi connectivity index (χ1n) is 10.5. The molecule has 164 valence electrons. The summed E-state index contributed by atoms with van der Waals surface area (Å²) < 4.78 is 10.2. The van der Waals surface area contributed by atoms with Gasteiger partial charge in [-0.25, -0.2) is 9.59 Å². The molecular weight excluding hydrogens is 410 g/mol. The minimum Gasteiger partial charge on any atom is -0.480 e. The van der Waals surface area contributed by atoms with Gasteiger partial charge in [-0.1, -0.05) is 30.3 Å². The van der Waals surface area contributed by atoms with Gasteiger partial charge in [-0.3, -0.25) is 13.9 Å². The van der Waals surface area contributed by atoms with Crippen LogP contribution >= 0.6 is 0 Å². The highest BCUT2D eigenvalue weighted by atomic mass is 16.4. The van der Waals surface area contributed by atoms with E-state index in [-0.39, 0.29) is 5.92 Å². The van der Waals surface area contributed by atoms with Crippen molar-refractivity contribution in [3.05, 3.63) is 80.5 Å². The number of carboxylic acids is 1. The van der Waals surface area contributed by atoms with Crippen molar-refractivity contribution in [1.82, 2.24) is 13.7 Å². The van der Waals surface area contributed by atoms with E-state index in [1.54, 1.807) is 11.6 Å². The standard InChI is InChI=1S/C24H23N3O5/c1-13-9-12-17(32-13)15-10-11-16(23(29)30)27-19(14-7-5-4-6-8-14)18-21(20(15)27)25(2)24(31)26(3)22(18)28/h4-9,12,15-16H,10-11H2,1-3H3,(H,29,30). The lowest BCUT2D eigenvalue weighted by Crippen LogP contribution is -2.37. The number of carboxylic acid groups (broad SMARTS) is 1. The average Bonchev–Trinajstić information content (AvgIpc) is 3.38. The summed E-state index contributed by atoms with van der Waals surface area (Å²) in [7, 11) is 3.06. The van der Waals surface area contributed by atoms with Gasteiger partial charge in [0.05, 0.1) is 28.2 Å². The molecule has 2 atom stereocenters. The van der Waals surface area contributed by atoms with Crippen molar-refractivity contribution in [2.24, 2.45) is 14.1 Å². The second-order valence-corrected chi connectivity index (χ2v) is 8.33. The van der Waals surface area contributed by atoms with Crippen LogP contribution in [0.1, 0.15) is 42.0 Å². The number of aliphatic carboxylic acids is 1. The molecule has 0 spiro atoms. The van der Waals surface area contributed by atoms with Gasteiger partial charge < -0.3 is 14.1 Å². The Hall–Kier alpha value is -3.81. The van der Waals surface area contributed by atoms with Crippen molar-refractivity contribution in [3.8, 4) is 11.3 Å². The summed E-state index contributed by atoms with van der Waals surface area (Å²) in [5.41, 5.74) is 1.44. The van der Waals surface area contributed by atoms with Crippen LogP contribution in [-0.2, 0) is 18.9 Å². The maximum absolute atomic E-state index is 13.4. The van der Waals surface area contributed by atoms with Crippen LogP contribution < -0.4 is 11.2 Å². The SMILES string of the molecule is Cc1ccc(C2CCC(C(=O)O)n3c(-c4ccccc4)c4c(=O)n(C)c(=O)n(C)c4c32)o1. The molecule has 1 aliphatic heterocycles. The Labute approximate surface area is 182 Å². The van der Waals surface area contributed by atoms with E-state index >= 15 is 0 Å². The van der Waals surface area contributed by atoms with Crippen LogP contribution in [0.5, 0.6) is 0 Å². The molecule has 1 aromatic carbocycles. The molecule has 8 nitrogen and oxygen atoms in total. The molecule has 0 saturated carbocycles. The van der Waals surface area contributed by atoms with Gasteiger partial charge in [0.2, 0.25) is 0 Å². The molecule has 0 amide bonds. The number of furan rings is 1. The predicted octanol–water partition coefficient (Wildman–Crippen LogP) is 3.16. The zero-order chi connectivity index (χ0) is 22.7. The summed E-state index contributed by atoms with van der Waals surface area (Å²) in [5, 5.41) is 10.4. The number of aryl methyl sites for hydroxylation is 2. The van der Waals surface area contributed by atoms with Crippen LogP contribution in [0, 0.1) is 6.92 Å². The molecule has 1 N–H and O–H groups in total. The summed E-state index contributed by atoms with van der Waals surface area (Å²) in [6.45, 7) is 1.85. The normalized spacial score (nSPS) is 18.1. The molecule has 4 heterocycles. The minimum absolute atomic E-state index is 0.281. The van der Waals surface area contributed by atoms with Crippen LogP contribution in [0.3, 0.4) is 0 Å². The van der Waals surface area contributed by atoms with Crippen molar-refractivity contribution in [1.29, 1.82) is 0 Å². The first-order chi connectivity index (χ1) is 15.3. The third-order valence-electron chi connectivity index (χ3n) is 6.45. The molecule has 0 fully saturated rings. The Kier molecular flexibility index (Phi) is 4.47. The quantitative estimate of drug-likeness (QED) is 0.535. The summed E-state index contributed by atoms with van der Waals surface area (Å²) in [4.78, 5) is 38.6. The number of fused-ring (bicyclic) bond motifs is 3. The van der Waals surface area contributed by atoms with Gasteiger partial charge in [-0.15, -0.1) is 0 Å². The van der Waals surface area contributed by atoms with Crippen molar-refractivity contribution in [2.75, 3.05) is 0 Å². The van der Waals surface area contributed by atoms with Crippen LogP contribution in [0.2, 0.25) is 0 Å². The molecule has 0 bridgehead atoms. The predicted molar refractivity (Wildman–Crippen MR) is 119 cm³/mol. The van der Waals surface area contributed by atoms with Gasteiger partial charge >= 0.3 is 11.7 Å². The Balaban J connectivity index is 2.02. The van der Waals surface area contributed by atoms with Crippen LogP contribution in [0.15, 0.2) is 56.5 Å². The second kappa shape index (κ2) is 7.12. The second-order valence-electron chi connectivity index (χ2n) is 8.33. The van der Waals surface area contributed by atoms with Gasteiger partial charge in [-0.2, -0.15) is 0 Å². The third kappa shape index (κ3) is 2.72. The highest BCUT2D eigenvalue weighted by Gasteiger charge is 2.39. The minimum atomic E-state index is -0.973. The van der Waals surface area contributed by atoms with E-state index in [1.165, 1.54) is 11.6 Å². The molecule has 32 heavy (non-hydrogen) atoms. The molecule has 0 aliphatic carbocycles. The molecule has 3 aromatic heterocycles. The number of hydrogen-bond acceptors (Lipinski definition) is 4. The summed E-state index contributed by atoms with van der Waals surface area (Å²) in [5.74, 6) is 0.187. The fourth-order valence-corrected chi connectivity index (χ4v) is 4.99. The average molecular weight is 433 g/mol. The van der Waals surface area contributed by atoms with Crippen LogP contribution in [0.4, 0.5) is 0 Å². The molecule has 4 aromatic rings. The number of hydrogen-bond donors (Lipinski definition) is 1. The van der Waals surface area contributed by atoms with E-state index in [9.17, 15) is 19.5 Å². The van der Waals surface area contributed by atoms with Gasteiger partial charge in [0.1, 0.15) is 17.6 Å². The molecule has 0 radical (unpaired) electrons. The topological polar surface area (TPSA) is 99.4 Å². The number of rotatable bonds is 3. The zero-order valence-corrected chi connectivity index (χ0v) is 18.0. The van der Waals surface area contributed by atoms with E-state index in [0.29, 0.717) is 40.9 Å². The van der Waals surface area contributed by atoms with Crippen molar-refractivity contribution in [2.45, 2.75) is 31.7 Å². The van der Waals surface area contributed by atoms with Crippen molar-refractivity contribution in [3.63, 3.8) is 0 Å². The molecule has 1 aliphatic rings. The fourth-order valence-electron chi connectivity index (χ4n) is 4.99. The maximum Gasteiger partial charge on any atom is 0.331 e. The van der Waals surface area contributed by atoms with Crippen molar-refractivity contribution < 1.29 is 14.3 Å². The molecule has 0 saturated heterocycles. The number of benzene rings is 1. The Morgan fingerprint density at radius 3 is 2.38 bits per heavy atom. The lowest BCUT2D eigenvalue weighted by atomic mass is 9.89. The summed E-state index contributed by atoms with van der Waals surface area (Å²) in [6.07, 6.45) is 0.905. The van der Waals surface area contributed by atoms with E-state index in [2.05, 4.69) is 0 Å². The molecular formula is C24H23N3O5.